The summed E-state index contributed by atoms with van der Waals surface area (Å²) in [4.78, 5) is 2.72. The van der Waals surface area contributed by atoms with Gasteiger partial charge in [0.05, 0.1) is 0 Å². The molecule has 1 saturated carbocycles. The van der Waals surface area contributed by atoms with Gasteiger partial charge in [0.15, 0.2) is 0 Å². The molecule has 2 fully saturated rings. The van der Waals surface area contributed by atoms with Gasteiger partial charge < -0.3 is 5.32 Å². The number of nitrogens with zero attached hydrogens (tertiary/aromatic N) is 1. The second kappa shape index (κ2) is 5.87. The molecule has 1 aromatic rings. The lowest BCUT2D eigenvalue weighted by molar-refractivity contribution is 0.252. The van der Waals surface area contributed by atoms with Crippen LogP contribution in [0.3, 0.4) is 0 Å². The van der Waals surface area contributed by atoms with Gasteiger partial charge in [0, 0.05) is 30.7 Å². The summed E-state index contributed by atoms with van der Waals surface area (Å²) in [7, 11) is 0. The van der Waals surface area contributed by atoms with Crippen molar-refractivity contribution in [2.75, 3.05) is 6.54 Å². The normalized spacial score (nSPS) is 29.0. The number of nitrogens with one attached hydrogen (secondary N) is 1. The maximum absolute atomic E-state index is 3.93. The molecule has 1 aromatic carbocycles. The molecule has 0 amide bonds. The first kappa shape index (κ1) is 14.1. The van der Waals surface area contributed by atoms with E-state index in [0.29, 0.717) is 18.0 Å². The molecular formula is C18H28N2. The molecule has 1 aliphatic carbocycles. The molecule has 0 radical (unpaired) electrons. The zero-order chi connectivity index (χ0) is 14.1. The summed E-state index contributed by atoms with van der Waals surface area (Å²) < 4.78 is 0. The third-order valence-corrected chi connectivity index (χ3v) is 4.88. The molecule has 20 heavy (non-hydrogen) atoms. The largest absolute Gasteiger partial charge is 0.306 e. The van der Waals surface area contributed by atoms with Crippen LogP contribution in [0.4, 0.5) is 0 Å². The van der Waals surface area contributed by atoms with Crippen molar-refractivity contribution in [2.45, 2.75) is 64.2 Å². The molecule has 0 unspecified atom stereocenters. The predicted octanol–water partition coefficient (Wildman–Crippen LogP) is 3.60. The van der Waals surface area contributed by atoms with E-state index in [1.807, 2.05) is 0 Å². The number of likely N-dealkylation sites (tertiary alicyclic amines) is 1. The highest BCUT2D eigenvalue weighted by molar-refractivity contribution is 5.19. The quantitative estimate of drug-likeness (QED) is 0.881. The van der Waals surface area contributed by atoms with Crippen molar-refractivity contribution in [1.82, 2.24) is 10.2 Å². The molecule has 2 heteroatoms. The fourth-order valence-electron chi connectivity index (χ4n) is 3.68. The highest BCUT2D eigenvalue weighted by Crippen LogP contribution is 2.34. The van der Waals surface area contributed by atoms with Crippen LogP contribution in [0.25, 0.3) is 0 Å². The van der Waals surface area contributed by atoms with Gasteiger partial charge in [-0.1, -0.05) is 44.2 Å². The van der Waals surface area contributed by atoms with Crippen molar-refractivity contribution in [3.05, 3.63) is 35.9 Å². The first-order valence-corrected chi connectivity index (χ1v) is 8.22. The van der Waals surface area contributed by atoms with E-state index in [-0.39, 0.29) is 0 Å². The van der Waals surface area contributed by atoms with Gasteiger partial charge in [0.25, 0.3) is 0 Å². The smallest absolute Gasteiger partial charge is 0.0346 e. The summed E-state index contributed by atoms with van der Waals surface area (Å²) in [5.41, 5.74) is 1.43. The lowest BCUT2D eigenvalue weighted by atomic mass is 9.95. The number of hydrogen-bond donors (Lipinski definition) is 1. The summed E-state index contributed by atoms with van der Waals surface area (Å²) >= 11 is 0. The summed E-state index contributed by atoms with van der Waals surface area (Å²) in [5.74, 6) is 0.627. The molecule has 1 aliphatic heterocycles. The van der Waals surface area contributed by atoms with Gasteiger partial charge in [-0.2, -0.15) is 0 Å². The first-order chi connectivity index (χ1) is 9.65. The Kier molecular flexibility index (Phi) is 4.13. The molecule has 2 aliphatic rings. The van der Waals surface area contributed by atoms with Gasteiger partial charge in [-0.25, -0.2) is 0 Å². The molecule has 0 spiro atoms. The Labute approximate surface area is 123 Å². The molecule has 1 heterocycles. The van der Waals surface area contributed by atoms with Crippen LogP contribution in [-0.2, 0) is 0 Å². The minimum atomic E-state index is 0.479. The van der Waals surface area contributed by atoms with E-state index < -0.39 is 0 Å². The Balaban J connectivity index is 1.65. The van der Waals surface area contributed by atoms with Crippen LogP contribution in [0.5, 0.6) is 0 Å². The lowest BCUT2D eigenvalue weighted by Crippen LogP contribution is -2.38. The van der Waals surface area contributed by atoms with E-state index in [0.717, 1.165) is 12.1 Å². The van der Waals surface area contributed by atoms with Gasteiger partial charge in [-0.3, -0.25) is 4.90 Å². The predicted molar refractivity (Wildman–Crippen MR) is 84.8 cm³/mol. The molecule has 110 valence electrons. The van der Waals surface area contributed by atoms with E-state index in [2.05, 4.69) is 61.3 Å². The van der Waals surface area contributed by atoms with Crippen molar-refractivity contribution in [1.29, 1.82) is 0 Å². The maximum Gasteiger partial charge on any atom is 0.0346 e. The van der Waals surface area contributed by atoms with Crippen LogP contribution in [0.15, 0.2) is 30.3 Å². The van der Waals surface area contributed by atoms with E-state index >= 15 is 0 Å². The third kappa shape index (κ3) is 3.07. The summed E-state index contributed by atoms with van der Waals surface area (Å²) in [6.07, 6.45) is 4.14. The van der Waals surface area contributed by atoms with Crippen molar-refractivity contribution < 1.29 is 0 Å². The monoisotopic (exact) mass is 272 g/mol. The zero-order valence-electron chi connectivity index (χ0n) is 13.0. The average molecular weight is 272 g/mol. The topological polar surface area (TPSA) is 15.3 Å². The highest BCUT2D eigenvalue weighted by Gasteiger charge is 2.39. The Hall–Kier alpha value is -0.860. The summed E-state index contributed by atoms with van der Waals surface area (Å²) in [6, 6.07) is 13.7. The lowest BCUT2D eigenvalue weighted by Gasteiger charge is -2.27. The molecule has 0 aromatic heterocycles. The van der Waals surface area contributed by atoms with Crippen molar-refractivity contribution in [2.24, 2.45) is 5.92 Å². The van der Waals surface area contributed by atoms with Gasteiger partial charge in [0.2, 0.25) is 0 Å². The second-order valence-corrected chi connectivity index (χ2v) is 7.01. The Morgan fingerprint density at radius 3 is 2.45 bits per heavy atom. The molecule has 3 rings (SSSR count). The second-order valence-electron chi connectivity index (χ2n) is 7.01. The van der Waals surface area contributed by atoms with Crippen molar-refractivity contribution in [3.8, 4) is 0 Å². The maximum atomic E-state index is 3.93. The van der Waals surface area contributed by atoms with E-state index in [1.165, 1.54) is 31.4 Å². The molecule has 2 nitrogen and oxygen atoms in total. The zero-order valence-corrected chi connectivity index (χ0v) is 13.0. The highest BCUT2D eigenvalue weighted by atomic mass is 15.3. The Bertz CT molecular complexity index is 424. The molecule has 1 N–H and O–H groups in total. The van der Waals surface area contributed by atoms with Crippen molar-refractivity contribution in [3.63, 3.8) is 0 Å². The van der Waals surface area contributed by atoms with Gasteiger partial charge in [-0.05, 0) is 37.7 Å². The van der Waals surface area contributed by atoms with Crippen LogP contribution in [-0.4, -0.2) is 29.6 Å². The molecule has 3 atom stereocenters. The van der Waals surface area contributed by atoms with E-state index in [9.17, 15) is 0 Å². The molecule has 0 bridgehead atoms. The van der Waals surface area contributed by atoms with Gasteiger partial charge in [0.1, 0.15) is 0 Å². The van der Waals surface area contributed by atoms with Gasteiger partial charge in [-0.15, -0.1) is 0 Å². The van der Waals surface area contributed by atoms with Crippen LogP contribution in [0.2, 0.25) is 0 Å². The van der Waals surface area contributed by atoms with E-state index in [1.54, 1.807) is 0 Å². The SMILES string of the molecule is CC(C)[C@H](N[C@H]1C[C@@H](C)N(C2CC2)C1)c1ccccc1. The minimum absolute atomic E-state index is 0.479. The summed E-state index contributed by atoms with van der Waals surface area (Å²) in [5, 5.41) is 3.93. The minimum Gasteiger partial charge on any atom is -0.306 e. The first-order valence-electron chi connectivity index (χ1n) is 8.22. The number of hydrogen-bond acceptors (Lipinski definition) is 2. The number of rotatable bonds is 5. The molecular weight excluding hydrogens is 244 g/mol. The fraction of sp³-hybridized carbons (Fsp3) is 0.667. The fourth-order valence-corrected chi connectivity index (χ4v) is 3.68. The Morgan fingerprint density at radius 2 is 1.85 bits per heavy atom. The summed E-state index contributed by atoms with van der Waals surface area (Å²) in [6.45, 7) is 8.28. The van der Waals surface area contributed by atoms with Crippen LogP contribution in [0, 0.1) is 5.92 Å². The molecule has 1 saturated heterocycles. The average Bonchev–Trinajstić information content (AvgIpc) is 3.21. The van der Waals surface area contributed by atoms with Gasteiger partial charge >= 0.3 is 0 Å². The standard InChI is InChI=1S/C18H28N2/c1-13(2)18(15-7-5-4-6-8-15)19-16-11-14(3)20(12-16)17-9-10-17/h4-8,13-14,16-19H,9-12H2,1-3H3/t14-,16+,18+/m1/s1. The van der Waals surface area contributed by atoms with Crippen molar-refractivity contribution >= 4 is 0 Å². The van der Waals surface area contributed by atoms with Crippen LogP contribution < -0.4 is 5.32 Å². The third-order valence-electron chi connectivity index (χ3n) is 4.88. The van der Waals surface area contributed by atoms with Crippen LogP contribution in [0.1, 0.15) is 51.6 Å². The Morgan fingerprint density at radius 1 is 1.15 bits per heavy atom. The van der Waals surface area contributed by atoms with E-state index in [4.69, 9.17) is 0 Å². The van der Waals surface area contributed by atoms with Crippen LogP contribution >= 0.6 is 0 Å². The number of benzene rings is 1.